The van der Waals surface area contributed by atoms with Crippen LogP contribution < -0.4 is 30.7 Å². The summed E-state index contributed by atoms with van der Waals surface area (Å²) in [6.07, 6.45) is -1.29. The Kier molecular flexibility index (Phi) is 15.4. The van der Waals surface area contributed by atoms with Crippen molar-refractivity contribution < 1.29 is 38.9 Å². The minimum absolute atomic E-state index is 0.0637. The second-order valence-corrected chi connectivity index (χ2v) is 15.5. The average molecular weight is 877 g/mol. The third kappa shape index (κ3) is 12.1. The van der Waals surface area contributed by atoms with Gasteiger partial charge in [0, 0.05) is 68.1 Å². The number of para-hydroxylation sites is 2. The van der Waals surface area contributed by atoms with Crippen molar-refractivity contribution in [2.24, 2.45) is 0 Å². The van der Waals surface area contributed by atoms with Crippen molar-refractivity contribution >= 4 is 46.8 Å². The smallest absolute Gasteiger partial charge is 0.434 e. The summed E-state index contributed by atoms with van der Waals surface area (Å²) in [5, 5.41) is 31.8. The lowest BCUT2D eigenvalue weighted by Gasteiger charge is -2.36. The molecule has 4 amide bonds. The number of hydrogen-bond acceptors (Lipinski definition) is 9. The van der Waals surface area contributed by atoms with E-state index in [1.165, 1.54) is 7.11 Å². The summed E-state index contributed by atoms with van der Waals surface area (Å²) in [4.78, 5) is 55.8. The summed E-state index contributed by atoms with van der Waals surface area (Å²) in [6, 6.07) is 45.1. The van der Waals surface area contributed by atoms with Crippen LogP contribution in [0.4, 0.5) is 32.3 Å². The fourth-order valence-corrected chi connectivity index (χ4v) is 7.72. The molecule has 6 aromatic carbocycles. The van der Waals surface area contributed by atoms with E-state index in [2.05, 4.69) is 20.9 Å². The van der Waals surface area contributed by atoms with Crippen molar-refractivity contribution in [2.45, 2.75) is 38.3 Å². The van der Waals surface area contributed by atoms with E-state index in [1.807, 2.05) is 84.9 Å². The Morgan fingerprint density at radius 2 is 1.22 bits per heavy atom. The molecule has 0 bridgehead atoms. The molecule has 0 aliphatic carbocycles. The fraction of sp³-hybridized carbons (Fsp3) is 0.216. The molecule has 1 saturated heterocycles. The zero-order chi connectivity index (χ0) is 45.5. The van der Waals surface area contributed by atoms with E-state index < -0.39 is 18.3 Å². The van der Waals surface area contributed by atoms with Crippen molar-refractivity contribution in [3.63, 3.8) is 0 Å². The second-order valence-electron chi connectivity index (χ2n) is 15.5. The first-order chi connectivity index (χ1) is 31.7. The number of hydrazine groups is 1. The Bertz CT molecular complexity index is 2570. The predicted molar refractivity (Wildman–Crippen MR) is 252 cm³/mol. The van der Waals surface area contributed by atoms with Crippen LogP contribution in [0.1, 0.15) is 31.2 Å². The Balaban J connectivity index is 0.940. The third-order valence-corrected chi connectivity index (χ3v) is 11.0. The SMILES string of the molecule is COc1cc(CNCCC(=O)Nc2cccc(NC(=O)CCN3CCC(OC(=O)N(c4ccccc4-c4ccccc4)N(C(=O)O)c4ccccc4-c4ccccc4)CC3)c2)ccc1O. The van der Waals surface area contributed by atoms with Gasteiger partial charge in [-0.15, -0.1) is 0 Å². The number of phenols is 1. The van der Waals surface area contributed by atoms with Crippen LogP contribution in [0.3, 0.4) is 0 Å². The van der Waals surface area contributed by atoms with E-state index in [0.717, 1.165) is 26.7 Å². The summed E-state index contributed by atoms with van der Waals surface area (Å²) < 4.78 is 11.3. The highest BCUT2D eigenvalue weighted by Crippen LogP contribution is 2.38. The number of ether oxygens (including phenoxy) is 2. The zero-order valence-corrected chi connectivity index (χ0v) is 36.1. The molecule has 6 aromatic rings. The Morgan fingerprint density at radius 1 is 0.662 bits per heavy atom. The third-order valence-electron chi connectivity index (χ3n) is 11.0. The fourth-order valence-electron chi connectivity index (χ4n) is 7.72. The number of rotatable bonds is 16. The highest BCUT2D eigenvalue weighted by molar-refractivity contribution is 6.06. The lowest BCUT2D eigenvalue weighted by molar-refractivity contribution is -0.117. The van der Waals surface area contributed by atoms with Crippen LogP contribution in [0.25, 0.3) is 22.3 Å². The van der Waals surface area contributed by atoms with E-state index in [4.69, 9.17) is 9.47 Å². The van der Waals surface area contributed by atoms with Crippen LogP contribution in [0.15, 0.2) is 152 Å². The number of likely N-dealkylation sites (tertiary alicyclic amines) is 1. The van der Waals surface area contributed by atoms with Crippen LogP contribution >= 0.6 is 0 Å². The number of hydrogen-bond donors (Lipinski definition) is 5. The second kappa shape index (κ2) is 22.1. The highest BCUT2D eigenvalue weighted by Gasteiger charge is 2.36. The number of benzene rings is 6. The molecule has 1 aliphatic rings. The van der Waals surface area contributed by atoms with Gasteiger partial charge in [0.15, 0.2) is 11.5 Å². The first kappa shape index (κ1) is 45.3. The lowest BCUT2D eigenvalue weighted by atomic mass is 10.0. The quantitative estimate of drug-likeness (QED) is 0.0466. The monoisotopic (exact) mass is 876 g/mol. The van der Waals surface area contributed by atoms with Crippen molar-refractivity contribution in [3.05, 3.63) is 157 Å². The van der Waals surface area contributed by atoms with Gasteiger partial charge in [-0.1, -0.05) is 109 Å². The van der Waals surface area contributed by atoms with Gasteiger partial charge in [0.1, 0.15) is 6.10 Å². The summed E-state index contributed by atoms with van der Waals surface area (Å²) in [6.45, 7) is 2.53. The van der Waals surface area contributed by atoms with Crippen molar-refractivity contribution in [2.75, 3.05) is 53.9 Å². The number of anilines is 4. The topological polar surface area (TPSA) is 173 Å². The maximum Gasteiger partial charge on any atom is 0.434 e. The highest BCUT2D eigenvalue weighted by atomic mass is 16.6. The molecule has 1 fully saturated rings. The van der Waals surface area contributed by atoms with Gasteiger partial charge < -0.3 is 40.5 Å². The van der Waals surface area contributed by atoms with Crippen LogP contribution in [0, 0.1) is 0 Å². The van der Waals surface area contributed by atoms with Gasteiger partial charge in [-0.25, -0.2) is 9.59 Å². The summed E-state index contributed by atoms with van der Waals surface area (Å²) in [5.41, 5.74) is 5.48. The number of piperidine rings is 1. The molecule has 65 heavy (non-hydrogen) atoms. The number of amides is 4. The molecule has 14 nitrogen and oxygen atoms in total. The molecule has 1 heterocycles. The van der Waals surface area contributed by atoms with Crippen LogP contribution in [-0.2, 0) is 20.9 Å². The first-order valence-electron chi connectivity index (χ1n) is 21.5. The number of methoxy groups -OCH3 is 1. The molecule has 7 rings (SSSR count). The number of nitrogens with one attached hydrogen (secondary N) is 3. The molecule has 5 N–H and O–H groups in total. The zero-order valence-electron chi connectivity index (χ0n) is 36.1. The van der Waals surface area contributed by atoms with E-state index >= 15 is 0 Å². The van der Waals surface area contributed by atoms with Gasteiger partial charge in [0.25, 0.3) is 0 Å². The minimum Gasteiger partial charge on any atom is -0.504 e. The summed E-state index contributed by atoms with van der Waals surface area (Å²) in [5.74, 6) is 0.0778. The standard InChI is InChI=1S/C51H52N6O8/c1-64-47-33-36(23-24-46(47)58)35-52-29-25-48(59)53-39-17-12-18-40(34-39)54-49(60)28-32-55-30-26-41(27-31-55)65-51(63)57(45-22-11-9-20-43(45)38-15-6-3-7-16-38)56(50(61)62)44-21-10-8-19-42(44)37-13-4-2-5-14-37/h2-24,33-34,41,52,58H,25-32,35H2,1H3,(H,53,59)(H,54,60)(H,61,62). The van der Waals surface area contributed by atoms with Crippen LogP contribution in [0.2, 0.25) is 0 Å². The Morgan fingerprint density at radius 3 is 1.80 bits per heavy atom. The van der Waals surface area contributed by atoms with E-state index in [0.29, 0.717) is 79.5 Å². The predicted octanol–water partition coefficient (Wildman–Crippen LogP) is 9.39. The van der Waals surface area contributed by atoms with Crippen molar-refractivity contribution in [1.82, 2.24) is 10.2 Å². The molecule has 0 spiro atoms. The number of phenolic OH excluding ortho intramolecular Hbond substituents is 1. The molecular formula is C51H52N6O8. The van der Waals surface area contributed by atoms with Gasteiger partial charge in [-0.3, -0.25) is 9.59 Å². The molecule has 0 aromatic heterocycles. The average Bonchev–Trinajstić information content (AvgIpc) is 3.33. The molecule has 1 aliphatic heterocycles. The Hall–Kier alpha value is -7.68. The number of carbonyl (C=O) groups excluding carboxylic acids is 3. The van der Waals surface area contributed by atoms with Gasteiger partial charge in [-0.2, -0.15) is 10.0 Å². The molecule has 334 valence electrons. The van der Waals surface area contributed by atoms with E-state index in [1.54, 1.807) is 66.7 Å². The summed E-state index contributed by atoms with van der Waals surface area (Å²) in [7, 11) is 1.49. The van der Waals surface area contributed by atoms with Crippen molar-refractivity contribution in [3.8, 4) is 33.8 Å². The van der Waals surface area contributed by atoms with Gasteiger partial charge in [-0.05, 0) is 72.0 Å². The molecule has 0 radical (unpaired) electrons. The molecular weight excluding hydrogens is 825 g/mol. The number of carboxylic acid groups (broad SMARTS) is 1. The van der Waals surface area contributed by atoms with Gasteiger partial charge in [0.05, 0.1) is 18.5 Å². The number of aromatic hydroxyl groups is 1. The Labute approximate surface area is 378 Å². The van der Waals surface area contributed by atoms with Gasteiger partial charge in [0.2, 0.25) is 11.8 Å². The normalized spacial score (nSPS) is 12.8. The molecule has 14 heteroatoms. The maximum absolute atomic E-state index is 14.5. The number of carbonyl (C=O) groups is 4. The minimum atomic E-state index is -1.37. The lowest BCUT2D eigenvalue weighted by Crippen LogP contribution is -2.52. The summed E-state index contributed by atoms with van der Waals surface area (Å²) >= 11 is 0. The largest absolute Gasteiger partial charge is 0.504 e. The molecule has 0 saturated carbocycles. The first-order valence-corrected chi connectivity index (χ1v) is 21.5. The van der Waals surface area contributed by atoms with Crippen molar-refractivity contribution in [1.29, 1.82) is 0 Å². The molecule has 0 atom stereocenters. The van der Waals surface area contributed by atoms with Crippen LogP contribution in [0.5, 0.6) is 11.5 Å². The van der Waals surface area contributed by atoms with E-state index in [9.17, 15) is 29.4 Å². The molecule has 0 unspecified atom stereocenters. The van der Waals surface area contributed by atoms with Crippen LogP contribution in [-0.4, -0.2) is 78.5 Å². The maximum atomic E-state index is 14.5. The van der Waals surface area contributed by atoms with Gasteiger partial charge >= 0.3 is 12.2 Å². The van der Waals surface area contributed by atoms with E-state index in [-0.39, 0.29) is 36.1 Å². The number of nitrogens with zero attached hydrogens (tertiary/aromatic N) is 3.